The molecule has 0 aliphatic rings. The molecule has 0 radical (unpaired) electrons. The van der Waals surface area contributed by atoms with Crippen LogP contribution in [0.3, 0.4) is 0 Å². The first-order chi connectivity index (χ1) is 9.18. The van der Waals surface area contributed by atoms with Gasteiger partial charge in [-0.1, -0.05) is 53.1 Å². The van der Waals surface area contributed by atoms with Gasteiger partial charge in [-0.25, -0.2) is 0 Å². The van der Waals surface area contributed by atoms with Crippen LogP contribution in [-0.2, 0) is 9.22 Å². The summed E-state index contributed by atoms with van der Waals surface area (Å²) in [5, 5.41) is 0. The van der Waals surface area contributed by atoms with Gasteiger partial charge in [0.25, 0.3) is 0 Å². The molecular weight excluding hydrogens is 288 g/mol. The molecule has 2 nitrogen and oxygen atoms in total. The number of halogens is 1. The molecule has 0 aliphatic heterocycles. The molecule has 0 aromatic rings. The van der Waals surface area contributed by atoms with Crippen LogP contribution in [0.1, 0.15) is 61.3 Å². The largest absolute Gasteiger partial charge is 0.412 e. The molecule has 0 saturated heterocycles. The number of carbonyl (C=O) groups excluding carboxylic acids is 1. The number of hydrogen-bond acceptors (Lipinski definition) is 2. The third-order valence-corrected chi connectivity index (χ3v) is 10.5. The van der Waals surface area contributed by atoms with Crippen molar-refractivity contribution in [1.29, 1.82) is 0 Å². The van der Waals surface area contributed by atoms with Crippen molar-refractivity contribution in [3.63, 3.8) is 0 Å². The van der Waals surface area contributed by atoms with Gasteiger partial charge in [-0.2, -0.15) is 0 Å². The molecule has 0 atom stereocenters. The van der Waals surface area contributed by atoms with Crippen LogP contribution in [0, 0.1) is 0 Å². The Morgan fingerprint density at radius 2 is 1.50 bits per heavy atom. The first-order valence-corrected chi connectivity index (χ1v) is 10.2. The molecule has 0 heterocycles. The third-order valence-electron chi connectivity index (χ3n) is 4.17. The average molecular weight is 319 g/mol. The van der Waals surface area contributed by atoms with Crippen molar-refractivity contribution in [3.05, 3.63) is 11.1 Å². The zero-order chi connectivity index (χ0) is 15.9. The van der Waals surface area contributed by atoms with E-state index in [1.165, 1.54) is 0 Å². The Labute approximate surface area is 131 Å². The van der Waals surface area contributed by atoms with Crippen molar-refractivity contribution in [1.82, 2.24) is 0 Å². The molecule has 0 aromatic carbocycles. The summed E-state index contributed by atoms with van der Waals surface area (Å²) in [4.78, 5) is 11.1. The molecule has 0 aliphatic carbocycles. The molecule has 0 spiro atoms. The van der Waals surface area contributed by atoms with Crippen LogP contribution in [0.2, 0.25) is 16.6 Å². The lowest BCUT2D eigenvalue weighted by Gasteiger charge is -2.42. The van der Waals surface area contributed by atoms with Crippen LogP contribution < -0.4 is 0 Å². The van der Waals surface area contributed by atoms with Crippen LogP contribution in [0.4, 0.5) is 0 Å². The fourth-order valence-corrected chi connectivity index (χ4v) is 8.82. The minimum Gasteiger partial charge on any atom is -0.412 e. The highest BCUT2D eigenvalue weighted by Gasteiger charge is 2.44. The van der Waals surface area contributed by atoms with E-state index in [0.29, 0.717) is 36.1 Å². The molecular formula is C16H31ClO2Si. The minimum atomic E-state index is -1.85. The van der Waals surface area contributed by atoms with Gasteiger partial charge >= 0.3 is 0 Å². The predicted octanol–water partition coefficient (Wildman–Crippen LogP) is 5.67. The third kappa shape index (κ3) is 5.34. The highest BCUT2D eigenvalue weighted by Crippen LogP contribution is 2.42. The predicted molar refractivity (Wildman–Crippen MR) is 90.9 cm³/mol. The summed E-state index contributed by atoms with van der Waals surface area (Å²) in [7, 11) is -1.85. The van der Waals surface area contributed by atoms with Crippen molar-refractivity contribution in [2.45, 2.75) is 77.9 Å². The van der Waals surface area contributed by atoms with Crippen LogP contribution >= 0.6 is 11.6 Å². The highest BCUT2D eigenvalue weighted by molar-refractivity contribution is 6.77. The second kappa shape index (κ2) is 9.01. The number of carbonyl (C=O) groups is 1. The first kappa shape index (κ1) is 19.9. The van der Waals surface area contributed by atoms with Gasteiger partial charge in [0.1, 0.15) is 5.78 Å². The Morgan fingerprint density at radius 1 is 1.05 bits per heavy atom. The van der Waals surface area contributed by atoms with Crippen molar-refractivity contribution in [2.24, 2.45) is 0 Å². The van der Waals surface area contributed by atoms with E-state index in [1.54, 1.807) is 12.5 Å². The molecule has 0 N–H and O–H groups in total. The molecule has 4 heteroatoms. The summed E-state index contributed by atoms with van der Waals surface area (Å²) in [5.41, 5.74) is 4.30. The molecule has 20 heavy (non-hydrogen) atoms. The molecule has 0 amide bonds. The highest BCUT2D eigenvalue weighted by atomic mass is 35.5. The lowest BCUT2D eigenvalue weighted by atomic mass is 10.1. The molecule has 118 valence electrons. The fourth-order valence-electron chi connectivity index (χ4n) is 3.21. The maximum Gasteiger partial charge on any atom is 0.200 e. The summed E-state index contributed by atoms with van der Waals surface area (Å²) < 4.78 is 6.47. The van der Waals surface area contributed by atoms with Gasteiger partial charge in [0.2, 0.25) is 8.32 Å². The quantitative estimate of drug-likeness (QED) is 0.512. The Kier molecular flexibility index (Phi) is 8.95. The topological polar surface area (TPSA) is 26.3 Å². The van der Waals surface area contributed by atoms with Crippen molar-refractivity contribution >= 4 is 25.7 Å². The number of Topliss-reactive ketones (excluding diaryl/α,β-unsaturated/α-hetero) is 1. The number of ketones is 1. The summed E-state index contributed by atoms with van der Waals surface area (Å²) in [6.07, 6.45) is 1.25. The van der Waals surface area contributed by atoms with Crippen molar-refractivity contribution < 1.29 is 9.22 Å². The summed E-state index contributed by atoms with van der Waals surface area (Å²) in [6.45, 7) is 15.8. The lowest BCUT2D eigenvalue weighted by molar-refractivity contribution is -0.116. The normalized spacial score (nSPS) is 13.7. The summed E-state index contributed by atoms with van der Waals surface area (Å²) in [5.74, 6) is 0.195. The molecule has 0 bridgehead atoms. The second-order valence-corrected chi connectivity index (χ2v) is 12.3. The Bertz CT molecular complexity index is 314. The number of hydrogen-bond donors (Lipinski definition) is 0. The maximum atomic E-state index is 11.1. The Morgan fingerprint density at radius 3 is 1.80 bits per heavy atom. The van der Waals surface area contributed by atoms with Crippen molar-refractivity contribution in [2.75, 3.05) is 6.61 Å². The monoisotopic (exact) mass is 318 g/mol. The Balaban J connectivity index is 4.88. The van der Waals surface area contributed by atoms with Gasteiger partial charge in [0, 0.05) is 12.0 Å². The maximum absolute atomic E-state index is 11.1. The smallest absolute Gasteiger partial charge is 0.200 e. The average Bonchev–Trinajstić information content (AvgIpc) is 2.31. The van der Waals surface area contributed by atoms with Crippen LogP contribution in [-0.4, -0.2) is 20.7 Å². The molecule has 0 unspecified atom stereocenters. The van der Waals surface area contributed by atoms with E-state index < -0.39 is 8.32 Å². The molecule has 0 fully saturated rings. The number of rotatable bonds is 9. The van der Waals surface area contributed by atoms with Gasteiger partial charge in [0.05, 0.1) is 6.61 Å². The summed E-state index contributed by atoms with van der Waals surface area (Å²) >= 11 is 5.88. The van der Waals surface area contributed by atoms with Gasteiger partial charge in [-0.15, -0.1) is 0 Å². The standard InChI is InChI=1S/C16H31ClO2Si/c1-12(2)20(13(3)4,14(5)6)19-11-16(10-17)9-8-15(7)18/h10,12-14H,8-9,11H2,1-7H3/b16-10-. The zero-order valence-corrected chi connectivity index (χ0v) is 15.9. The van der Waals surface area contributed by atoms with E-state index >= 15 is 0 Å². The van der Waals surface area contributed by atoms with Crippen LogP contribution in [0.5, 0.6) is 0 Å². The fraction of sp³-hybridized carbons (Fsp3) is 0.812. The molecule has 0 saturated carbocycles. The molecule has 0 aromatic heterocycles. The van der Waals surface area contributed by atoms with Gasteiger partial charge < -0.3 is 9.22 Å². The minimum absolute atomic E-state index is 0.195. The van der Waals surface area contributed by atoms with E-state index in [2.05, 4.69) is 41.5 Å². The lowest BCUT2D eigenvalue weighted by Crippen LogP contribution is -2.48. The second-order valence-electron chi connectivity index (χ2n) is 6.58. The van der Waals surface area contributed by atoms with E-state index in [0.717, 1.165) is 5.57 Å². The van der Waals surface area contributed by atoms with Crippen LogP contribution in [0.15, 0.2) is 11.1 Å². The van der Waals surface area contributed by atoms with Gasteiger partial charge in [-0.05, 0) is 35.5 Å². The van der Waals surface area contributed by atoms with E-state index in [4.69, 9.17) is 16.0 Å². The Hall–Kier alpha value is -0.123. The first-order valence-electron chi connectivity index (χ1n) is 7.59. The van der Waals surface area contributed by atoms with Gasteiger partial charge in [0.15, 0.2) is 0 Å². The van der Waals surface area contributed by atoms with Crippen LogP contribution in [0.25, 0.3) is 0 Å². The van der Waals surface area contributed by atoms with E-state index in [9.17, 15) is 4.79 Å². The van der Waals surface area contributed by atoms with Gasteiger partial charge in [-0.3, -0.25) is 0 Å². The SMILES string of the molecule is CC(=O)CC/C(=C/Cl)CO[Si](C(C)C)(C(C)C)C(C)C. The summed E-state index contributed by atoms with van der Waals surface area (Å²) in [6, 6.07) is 0. The van der Waals surface area contributed by atoms with Crippen molar-refractivity contribution in [3.8, 4) is 0 Å². The molecule has 0 rings (SSSR count). The van der Waals surface area contributed by atoms with E-state index in [-0.39, 0.29) is 5.78 Å². The van der Waals surface area contributed by atoms with E-state index in [1.807, 2.05) is 0 Å². The zero-order valence-electron chi connectivity index (χ0n) is 14.1.